The summed E-state index contributed by atoms with van der Waals surface area (Å²) in [5, 5.41) is 0. The first-order valence-corrected chi connectivity index (χ1v) is 30.2. The van der Waals surface area contributed by atoms with E-state index in [4.69, 9.17) is 14.2 Å². The second kappa shape index (κ2) is 61.1. The first-order valence-electron chi connectivity index (χ1n) is 30.2. The van der Waals surface area contributed by atoms with Gasteiger partial charge in [-0.25, -0.2) is 0 Å². The summed E-state index contributed by atoms with van der Waals surface area (Å²) in [4.78, 5) is 37.9. The van der Waals surface area contributed by atoms with E-state index in [1.807, 2.05) is 0 Å². The lowest BCUT2D eigenvalue weighted by atomic mass is 10.0. The molecule has 0 fully saturated rings. The summed E-state index contributed by atoms with van der Waals surface area (Å²) in [5.41, 5.74) is 0. The average molecular weight is 1020 g/mol. The first-order chi connectivity index (χ1) is 36.5. The van der Waals surface area contributed by atoms with Crippen molar-refractivity contribution in [3.05, 3.63) is 134 Å². The molecule has 6 heteroatoms. The van der Waals surface area contributed by atoms with Crippen molar-refractivity contribution >= 4 is 17.9 Å². The quantitative estimate of drug-likeness (QED) is 0.0261. The van der Waals surface area contributed by atoms with E-state index in [1.54, 1.807) is 0 Å². The Labute approximate surface area is 455 Å². The number of esters is 3. The fourth-order valence-corrected chi connectivity index (χ4v) is 7.95. The van der Waals surface area contributed by atoms with Crippen molar-refractivity contribution in [3.63, 3.8) is 0 Å². The van der Waals surface area contributed by atoms with Crippen LogP contribution in [0.25, 0.3) is 0 Å². The van der Waals surface area contributed by atoms with Gasteiger partial charge in [0, 0.05) is 19.3 Å². The minimum Gasteiger partial charge on any atom is -0.462 e. The van der Waals surface area contributed by atoms with Crippen molar-refractivity contribution in [2.24, 2.45) is 0 Å². The highest BCUT2D eigenvalue weighted by molar-refractivity contribution is 5.71. The Kier molecular flexibility index (Phi) is 57.4. The minimum absolute atomic E-state index is 0.102. The summed E-state index contributed by atoms with van der Waals surface area (Å²) in [5.74, 6) is -0.974. The van der Waals surface area contributed by atoms with Gasteiger partial charge < -0.3 is 14.2 Å². The molecule has 418 valence electrons. The molecule has 0 bridgehead atoms. The number of ether oxygens (including phenoxy) is 3. The number of allylic oxidation sites excluding steroid dienone is 22. The Morgan fingerprint density at radius 3 is 0.865 bits per heavy atom. The third-order valence-electron chi connectivity index (χ3n) is 12.4. The van der Waals surface area contributed by atoms with E-state index < -0.39 is 6.10 Å². The third kappa shape index (κ3) is 58.4. The normalized spacial score (nSPS) is 13.1. The van der Waals surface area contributed by atoms with Crippen molar-refractivity contribution in [3.8, 4) is 0 Å². The van der Waals surface area contributed by atoms with Crippen LogP contribution in [-0.2, 0) is 28.6 Å². The maximum Gasteiger partial charge on any atom is 0.306 e. The molecule has 0 spiro atoms. The molecule has 1 unspecified atom stereocenters. The van der Waals surface area contributed by atoms with Crippen molar-refractivity contribution in [1.29, 1.82) is 0 Å². The fraction of sp³-hybridized carbons (Fsp3) is 0.632. The van der Waals surface area contributed by atoms with E-state index in [-0.39, 0.29) is 37.5 Å². The van der Waals surface area contributed by atoms with Gasteiger partial charge in [-0.3, -0.25) is 14.4 Å². The van der Waals surface area contributed by atoms with Crippen LogP contribution in [-0.4, -0.2) is 37.2 Å². The Balaban J connectivity index is 4.10. The predicted octanol–water partition coefficient (Wildman–Crippen LogP) is 20.6. The highest BCUT2D eigenvalue weighted by atomic mass is 16.6. The van der Waals surface area contributed by atoms with Crippen molar-refractivity contribution in [2.75, 3.05) is 13.2 Å². The van der Waals surface area contributed by atoms with Crippen molar-refractivity contribution in [1.82, 2.24) is 0 Å². The monoisotopic (exact) mass is 1020 g/mol. The fourth-order valence-electron chi connectivity index (χ4n) is 7.95. The van der Waals surface area contributed by atoms with E-state index in [2.05, 4.69) is 154 Å². The number of hydrogen-bond acceptors (Lipinski definition) is 6. The summed E-state index contributed by atoms with van der Waals surface area (Å²) in [6.07, 6.45) is 86.4. The van der Waals surface area contributed by atoms with Crippen LogP contribution < -0.4 is 0 Å². The van der Waals surface area contributed by atoms with Gasteiger partial charge in [0.25, 0.3) is 0 Å². The minimum atomic E-state index is -0.807. The molecule has 6 nitrogen and oxygen atoms in total. The summed E-state index contributed by atoms with van der Waals surface area (Å²) < 4.78 is 16.7. The van der Waals surface area contributed by atoms with Gasteiger partial charge in [0.2, 0.25) is 0 Å². The Morgan fingerprint density at radius 1 is 0.284 bits per heavy atom. The van der Waals surface area contributed by atoms with Crippen LogP contribution in [0.4, 0.5) is 0 Å². The second-order valence-electron chi connectivity index (χ2n) is 19.5. The average Bonchev–Trinajstić information content (AvgIpc) is 3.40. The number of hydrogen-bond donors (Lipinski definition) is 0. The van der Waals surface area contributed by atoms with Gasteiger partial charge >= 0.3 is 17.9 Å². The van der Waals surface area contributed by atoms with Crippen LogP contribution in [0, 0.1) is 0 Å². The molecule has 0 amide bonds. The molecule has 0 rings (SSSR count). The molecule has 0 aliphatic rings. The predicted molar refractivity (Wildman–Crippen MR) is 320 cm³/mol. The molecular weight excluding hydrogens is 913 g/mol. The lowest BCUT2D eigenvalue weighted by molar-refractivity contribution is -0.167. The van der Waals surface area contributed by atoms with Crippen LogP contribution in [0.15, 0.2) is 134 Å². The number of rotatable bonds is 53. The van der Waals surface area contributed by atoms with Gasteiger partial charge in [-0.2, -0.15) is 0 Å². The molecule has 1 atom stereocenters. The molecular formula is C68H110O6. The Hall–Kier alpha value is -4.45. The summed E-state index contributed by atoms with van der Waals surface area (Å²) >= 11 is 0. The molecule has 0 aliphatic carbocycles. The SMILES string of the molecule is CC/C=C\C/C=C\C/C=C\C/C=C\C/C=C\C/C=C\CCCCCCCCCCCCCCCCC(=O)OCC(COC(=O)CCCCCCCC)OC(=O)CCC/C=C\C/C=C\C/C=C\C/C=C\C/C=C\CC. The van der Waals surface area contributed by atoms with Crippen LogP contribution in [0.5, 0.6) is 0 Å². The molecule has 0 aromatic heterocycles. The van der Waals surface area contributed by atoms with Crippen molar-refractivity contribution in [2.45, 2.75) is 264 Å². The summed E-state index contributed by atoms with van der Waals surface area (Å²) in [6, 6.07) is 0. The molecule has 0 aromatic carbocycles. The Bertz CT molecular complexity index is 1600. The zero-order valence-corrected chi connectivity index (χ0v) is 47.8. The second-order valence-corrected chi connectivity index (χ2v) is 19.5. The van der Waals surface area contributed by atoms with E-state index in [1.165, 1.54) is 96.3 Å². The Morgan fingerprint density at radius 2 is 0.541 bits per heavy atom. The highest BCUT2D eigenvalue weighted by Gasteiger charge is 2.19. The van der Waals surface area contributed by atoms with Crippen LogP contribution >= 0.6 is 0 Å². The molecule has 0 aromatic rings. The van der Waals surface area contributed by atoms with Gasteiger partial charge in [-0.15, -0.1) is 0 Å². The number of carbonyl (C=O) groups excluding carboxylic acids is 3. The number of carbonyl (C=O) groups is 3. The van der Waals surface area contributed by atoms with E-state index in [9.17, 15) is 14.4 Å². The molecule has 0 aliphatic heterocycles. The van der Waals surface area contributed by atoms with Crippen LogP contribution in [0.3, 0.4) is 0 Å². The van der Waals surface area contributed by atoms with Gasteiger partial charge in [0.15, 0.2) is 6.10 Å². The molecule has 74 heavy (non-hydrogen) atoms. The third-order valence-corrected chi connectivity index (χ3v) is 12.4. The highest BCUT2D eigenvalue weighted by Crippen LogP contribution is 2.15. The van der Waals surface area contributed by atoms with Gasteiger partial charge in [0.05, 0.1) is 0 Å². The van der Waals surface area contributed by atoms with Crippen LogP contribution in [0.1, 0.15) is 258 Å². The zero-order valence-electron chi connectivity index (χ0n) is 47.8. The lowest BCUT2D eigenvalue weighted by Gasteiger charge is -2.18. The topological polar surface area (TPSA) is 78.9 Å². The van der Waals surface area contributed by atoms with Gasteiger partial charge in [0.1, 0.15) is 13.2 Å². The summed E-state index contributed by atoms with van der Waals surface area (Å²) in [7, 11) is 0. The van der Waals surface area contributed by atoms with Gasteiger partial charge in [-0.05, 0) is 109 Å². The maximum atomic E-state index is 12.8. The molecule has 0 saturated heterocycles. The molecule has 0 saturated carbocycles. The van der Waals surface area contributed by atoms with Crippen molar-refractivity contribution < 1.29 is 28.6 Å². The van der Waals surface area contributed by atoms with Gasteiger partial charge in [-0.1, -0.05) is 264 Å². The molecule has 0 N–H and O–H groups in total. The van der Waals surface area contributed by atoms with Crippen LogP contribution in [0.2, 0.25) is 0 Å². The lowest BCUT2D eigenvalue weighted by Crippen LogP contribution is -2.30. The van der Waals surface area contributed by atoms with E-state index in [0.717, 1.165) is 116 Å². The smallest absolute Gasteiger partial charge is 0.306 e. The first kappa shape index (κ1) is 69.5. The standard InChI is InChI=1S/C68H110O6/c1-4-7-10-13-16-18-20-22-24-26-27-28-29-30-31-32-33-34-35-36-37-38-39-40-41-43-44-46-48-50-52-55-58-61-67(70)73-64-65(63-72-66(69)60-57-54-15-12-9-6-3)74-68(71)62-59-56-53-51-49-47-45-42-25-23-21-19-17-14-11-8-5-2/h7-8,10-11,16-19,22-25,27-28,30-31,33-34,45,47,51,53,65H,4-6,9,12-15,20-21,26,29,32,35-44,46,48-50,52,54-64H2,1-3H3/b10-7-,11-8-,18-16-,19-17-,24-22-,25-23-,28-27-,31-30-,34-33-,47-45-,53-51-. The number of unbranched alkanes of at least 4 members (excludes halogenated alkanes) is 20. The largest absolute Gasteiger partial charge is 0.462 e. The molecule has 0 heterocycles. The molecule has 0 radical (unpaired) electrons. The van der Waals surface area contributed by atoms with E-state index >= 15 is 0 Å². The maximum absolute atomic E-state index is 12.8. The summed E-state index contributed by atoms with van der Waals surface area (Å²) in [6.45, 7) is 6.30. The van der Waals surface area contributed by atoms with E-state index in [0.29, 0.717) is 19.3 Å². The zero-order chi connectivity index (χ0) is 53.6.